The number of rotatable bonds is 8. The molecular weight excluding hydrogens is 527 g/mol. The Morgan fingerprint density at radius 2 is 1.75 bits per heavy atom. The summed E-state index contributed by atoms with van der Waals surface area (Å²) in [4.78, 5) is 12.8. The quantitative estimate of drug-likeness (QED) is 0.221. The second-order valence-electron chi connectivity index (χ2n) is 11.0. The zero-order chi connectivity index (χ0) is 28.7. The number of alkyl halides is 1. The van der Waals surface area contributed by atoms with Crippen LogP contribution in [0.5, 0.6) is 0 Å². The molecule has 0 radical (unpaired) electrons. The van der Waals surface area contributed by atoms with E-state index in [0.717, 1.165) is 16.4 Å². The Kier molecular flexibility index (Phi) is 7.25. The summed E-state index contributed by atoms with van der Waals surface area (Å²) < 4.78 is 31.1. The second kappa shape index (κ2) is 10.4. The van der Waals surface area contributed by atoms with Gasteiger partial charge in [-0.2, -0.15) is 9.97 Å². The van der Waals surface area contributed by atoms with Gasteiger partial charge in [0.1, 0.15) is 12.2 Å². The Balaban J connectivity index is 1.54. The number of nitrogens with one attached hydrogen (secondary N) is 1. The number of nitrogen functional groups attached to an aromatic ring is 1. The maximum absolute atomic E-state index is 16.5. The topological polar surface area (TPSA) is 120 Å². The first-order valence-electron chi connectivity index (χ1n) is 13.2. The van der Waals surface area contributed by atoms with Crippen molar-refractivity contribution in [2.75, 3.05) is 24.7 Å². The fraction of sp³-hybridized carbons (Fsp3) is 0.345. The molecule has 0 aliphatic carbocycles. The van der Waals surface area contributed by atoms with Crippen molar-refractivity contribution in [2.24, 2.45) is 0 Å². The van der Waals surface area contributed by atoms with E-state index in [1.807, 2.05) is 36.4 Å². The van der Waals surface area contributed by atoms with E-state index < -0.39 is 32.4 Å². The van der Waals surface area contributed by atoms with Crippen LogP contribution in [0.3, 0.4) is 0 Å². The molecule has 5 rings (SSSR count). The maximum atomic E-state index is 16.5. The van der Waals surface area contributed by atoms with Gasteiger partial charge in [-0.15, -0.1) is 0 Å². The molecule has 4 atom stereocenters. The average molecular weight is 563 g/mol. The van der Waals surface area contributed by atoms with Crippen LogP contribution in [0.15, 0.2) is 79.6 Å². The normalized spacial score (nSPS) is 23.4. The molecule has 1 aliphatic heterocycles. The molecule has 0 amide bonds. The molecule has 1 aliphatic rings. The van der Waals surface area contributed by atoms with Gasteiger partial charge >= 0.3 is 0 Å². The number of aliphatic hydroxyl groups excluding tert-OH is 1. The predicted octanol–water partition coefficient (Wildman–Crippen LogP) is 3.18. The molecule has 210 valence electrons. The second-order valence-corrected chi connectivity index (χ2v) is 15.3. The van der Waals surface area contributed by atoms with Crippen LogP contribution in [0.2, 0.25) is 5.04 Å². The third-order valence-corrected chi connectivity index (χ3v) is 12.6. The Hall–Kier alpha value is -3.64. The summed E-state index contributed by atoms with van der Waals surface area (Å²) in [6.45, 7) is 10.1. The molecule has 3 heterocycles. The molecule has 11 heteroatoms. The fourth-order valence-corrected chi connectivity index (χ4v) is 10.2. The molecule has 0 spiro atoms. The van der Waals surface area contributed by atoms with Crippen molar-refractivity contribution >= 4 is 41.6 Å². The molecule has 2 aromatic heterocycles. The Bertz CT molecular complexity index is 1460. The van der Waals surface area contributed by atoms with E-state index in [0.29, 0.717) is 11.3 Å². The number of halogens is 1. The average Bonchev–Trinajstić information content (AvgIpc) is 3.47. The first kappa shape index (κ1) is 27.9. The van der Waals surface area contributed by atoms with Crippen molar-refractivity contribution in [2.45, 2.75) is 49.9 Å². The number of ether oxygens (including phenoxy) is 1. The lowest BCUT2D eigenvalue weighted by atomic mass is 9.96. The number of nitrogens with zero attached hydrogens (tertiary/aromatic N) is 4. The minimum absolute atomic E-state index is 0.00762. The van der Waals surface area contributed by atoms with E-state index >= 15 is 4.39 Å². The van der Waals surface area contributed by atoms with Gasteiger partial charge in [0.2, 0.25) is 11.6 Å². The van der Waals surface area contributed by atoms with Gasteiger partial charge in [-0.05, 0) is 21.5 Å². The summed E-state index contributed by atoms with van der Waals surface area (Å²) in [5, 5.41) is 16.1. The third-order valence-electron chi connectivity index (χ3n) is 7.61. The van der Waals surface area contributed by atoms with Crippen molar-refractivity contribution in [3.05, 3.63) is 79.6 Å². The van der Waals surface area contributed by atoms with Gasteiger partial charge in [0, 0.05) is 7.05 Å². The minimum Gasteiger partial charge on any atom is -0.405 e. The number of fused-ring (bicyclic) bond motifs is 1. The van der Waals surface area contributed by atoms with Gasteiger partial charge in [0.05, 0.1) is 12.9 Å². The number of benzene rings is 2. The van der Waals surface area contributed by atoms with Crippen LogP contribution in [-0.4, -0.2) is 64.5 Å². The van der Waals surface area contributed by atoms with Crippen LogP contribution in [0.4, 0.5) is 16.2 Å². The highest BCUT2D eigenvalue weighted by atomic mass is 28.4. The molecule has 1 saturated heterocycles. The number of aromatic nitrogens is 4. The summed E-state index contributed by atoms with van der Waals surface area (Å²) in [6.07, 6.45) is -1.40. The molecule has 0 bridgehead atoms. The van der Waals surface area contributed by atoms with Crippen molar-refractivity contribution in [3.63, 3.8) is 0 Å². The van der Waals surface area contributed by atoms with Crippen molar-refractivity contribution < 1.29 is 18.7 Å². The number of nitrogens with two attached hydrogens (primary N) is 1. The SMILES string of the molecule is C=C[C@@]1(F)[C@H](O)[C@@H](CO[Si](c2ccccc2)(c2ccccc2)C(C)(C)C)O[C@H]1n1cnc2c(NC)nc(N)nc21. The van der Waals surface area contributed by atoms with E-state index in [4.69, 9.17) is 14.9 Å². The highest BCUT2D eigenvalue weighted by Crippen LogP contribution is 2.45. The van der Waals surface area contributed by atoms with E-state index in [2.05, 4.69) is 71.9 Å². The zero-order valence-corrected chi connectivity index (χ0v) is 24.1. The Morgan fingerprint density at radius 3 is 2.27 bits per heavy atom. The van der Waals surface area contributed by atoms with E-state index in [1.54, 1.807) is 7.05 Å². The van der Waals surface area contributed by atoms with Crippen LogP contribution < -0.4 is 21.4 Å². The van der Waals surface area contributed by atoms with Crippen LogP contribution in [0, 0.1) is 0 Å². The molecule has 4 aromatic rings. The number of anilines is 2. The monoisotopic (exact) mass is 562 g/mol. The lowest BCUT2D eigenvalue weighted by Crippen LogP contribution is -2.67. The molecular formula is C29H35FN6O3Si. The van der Waals surface area contributed by atoms with Crippen LogP contribution in [0.1, 0.15) is 27.0 Å². The van der Waals surface area contributed by atoms with Crippen LogP contribution in [-0.2, 0) is 9.16 Å². The molecule has 1 fully saturated rings. The molecule has 4 N–H and O–H groups in total. The Morgan fingerprint density at radius 1 is 1.15 bits per heavy atom. The zero-order valence-electron chi connectivity index (χ0n) is 23.1. The standard InChI is InChI=1S/C29H35FN6O3Si/c1-6-29(30)23(37)21(39-26(29)36-18-33-22-24(32-5)34-27(31)35-25(22)36)17-38-40(28(2,3)4,19-13-9-7-10-14-19)20-15-11-8-12-16-20/h6-16,18,21,23,26,37H,1,17H2,2-5H3,(H3,31,32,34,35)/t21-,23-,26-,29-/m1/s1. The van der Waals surface area contributed by atoms with Crippen LogP contribution in [0.25, 0.3) is 11.2 Å². The maximum Gasteiger partial charge on any atom is 0.261 e. The molecule has 9 nitrogen and oxygen atoms in total. The van der Waals surface area contributed by atoms with Gasteiger partial charge in [0.25, 0.3) is 8.32 Å². The largest absolute Gasteiger partial charge is 0.405 e. The van der Waals surface area contributed by atoms with Crippen LogP contribution >= 0.6 is 0 Å². The van der Waals surface area contributed by atoms with Gasteiger partial charge in [0.15, 0.2) is 23.2 Å². The van der Waals surface area contributed by atoms with Gasteiger partial charge in [-0.1, -0.05) is 88.0 Å². The van der Waals surface area contributed by atoms with Crippen molar-refractivity contribution in [1.29, 1.82) is 0 Å². The van der Waals surface area contributed by atoms with Crippen molar-refractivity contribution in [3.8, 4) is 0 Å². The molecule has 2 aromatic carbocycles. The summed E-state index contributed by atoms with van der Waals surface area (Å²) in [5.41, 5.74) is 4.22. The van der Waals surface area contributed by atoms with E-state index in [1.165, 1.54) is 10.9 Å². The van der Waals surface area contributed by atoms with E-state index in [-0.39, 0.29) is 23.2 Å². The number of hydrogen-bond acceptors (Lipinski definition) is 8. The Labute approximate surface area is 234 Å². The molecule has 0 saturated carbocycles. The first-order chi connectivity index (χ1) is 19.1. The van der Waals surface area contributed by atoms with Gasteiger partial charge in [-0.25, -0.2) is 9.37 Å². The summed E-state index contributed by atoms with van der Waals surface area (Å²) >= 11 is 0. The number of imidazole rings is 1. The summed E-state index contributed by atoms with van der Waals surface area (Å²) in [5.74, 6) is 0.390. The fourth-order valence-electron chi connectivity index (χ4n) is 5.65. The third kappa shape index (κ3) is 4.39. The van der Waals surface area contributed by atoms with Gasteiger partial charge in [-0.3, -0.25) is 4.57 Å². The smallest absolute Gasteiger partial charge is 0.261 e. The van der Waals surface area contributed by atoms with Crippen molar-refractivity contribution in [1.82, 2.24) is 19.5 Å². The van der Waals surface area contributed by atoms with Gasteiger partial charge < -0.3 is 25.3 Å². The first-order valence-corrected chi connectivity index (χ1v) is 15.1. The lowest BCUT2D eigenvalue weighted by Gasteiger charge is -2.43. The number of hydrogen-bond donors (Lipinski definition) is 3. The predicted molar refractivity (Wildman–Crippen MR) is 157 cm³/mol. The number of aliphatic hydroxyl groups is 1. The highest BCUT2D eigenvalue weighted by Gasteiger charge is 2.58. The summed E-state index contributed by atoms with van der Waals surface area (Å²) in [6, 6.07) is 20.2. The highest BCUT2D eigenvalue weighted by molar-refractivity contribution is 6.99. The summed E-state index contributed by atoms with van der Waals surface area (Å²) in [7, 11) is -1.28. The lowest BCUT2D eigenvalue weighted by molar-refractivity contribution is -0.0490. The molecule has 40 heavy (non-hydrogen) atoms. The molecule has 0 unspecified atom stereocenters. The minimum atomic E-state index is -2.96. The van der Waals surface area contributed by atoms with E-state index in [9.17, 15) is 5.11 Å².